The third-order valence-electron chi connectivity index (χ3n) is 2.83. The largest absolute Gasteiger partial charge is 0.476 e. The molecular formula is C9H14N4O2. The van der Waals surface area contributed by atoms with Crippen molar-refractivity contribution in [2.45, 2.75) is 38.3 Å². The number of hydrogen-bond acceptors (Lipinski definition) is 4. The summed E-state index contributed by atoms with van der Waals surface area (Å²) in [5.74, 6) is -0.993. The first-order valence-corrected chi connectivity index (χ1v) is 5.11. The highest BCUT2D eigenvalue weighted by Crippen LogP contribution is 2.30. The molecule has 15 heavy (non-hydrogen) atoms. The molecule has 6 nitrogen and oxygen atoms in total. The van der Waals surface area contributed by atoms with Gasteiger partial charge in [-0.3, -0.25) is 0 Å². The van der Waals surface area contributed by atoms with Crippen LogP contribution in [0.5, 0.6) is 0 Å². The van der Waals surface area contributed by atoms with Crippen molar-refractivity contribution in [1.82, 2.24) is 15.0 Å². The van der Waals surface area contributed by atoms with E-state index in [1.807, 2.05) is 0 Å². The SMILES string of the molecule is NCc1nnn(C2CCCC2)c1C(=O)O. The van der Waals surface area contributed by atoms with Crippen LogP contribution in [0.1, 0.15) is 47.9 Å². The van der Waals surface area contributed by atoms with Crippen molar-refractivity contribution >= 4 is 5.97 Å². The van der Waals surface area contributed by atoms with Gasteiger partial charge in [-0.25, -0.2) is 9.48 Å². The molecule has 0 atom stereocenters. The first kappa shape index (κ1) is 10.1. The fraction of sp³-hybridized carbons (Fsp3) is 0.667. The lowest BCUT2D eigenvalue weighted by Gasteiger charge is -2.10. The Morgan fingerprint density at radius 1 is 1.53 bits per heavy atom. The fourth-order valence-corrected chi connectivity index (χ4v) is 2.09. The number of carbonyl (C=O) groups is 1. The van der Waals surface area contributed by atoms with Crippen LogP contribution in [-0.2, 0) is 6.54 Å². The average Bonchev–Trinajstić information content (AvgIpc) is 2.85. The molecule has 1 aliphatic carbocycles. The second-order valence-corrected chi connectivity index (χ2v) is 3.78. The predicted octanol–water partition coefficient (Wildman–Crippen LogP) is 0.550. The van der Waals surface area contributed by atoms with E-state index in [1.54, 1.807) is 0 Å². The van der Waals surface area contributed by atoms with E-state index >= 15 is 0 Å². The van der Waals surface area contributed by atoms with Crippen LogP contribution in [0.2, 0.25) is 0 Å². The molecule has 6 heteroatoms. The molecule has 0 radical (unpaired) electrons. The zero-order valence-electron chi connectivity index (χ0n) is 8.39. The minimum atomic E-state index is -0.993. The molecule has 82 valence electrons. The number of aromatic carboxylic acids is 1. The van der Waals surface area contributed by atoms with Crippen molar-refractivity contribution < 1.29 is 9.90 Å². The Labute approximate surface area is 87.1 Å². The quantitative estimate of drug-likeness (QED) is 0.759. The number of carboxylic acid groups (broad SMARTS) is 1. The van der Waals surface area contributed by atoms with Gasteiger partial charge >= 0.3 is 5.97 Å². The van der Waals surface area contributed by atoms with Crippen LogP contribution in [0.4, 0.5) is 0 Å². The van der Waals surface area contributed by atoms with Gasteiger partial charge in [0, 0.05) is 6.54 Å². The van der Waals surface area contributed by atoms with Crippen LogP contribution in [0.3, 0.4) is 0 Å². The topological polar surface area (TPSA) is 94.0 Å². The van der Waals surface area contributed by atoms with Gasteiger partial charge in [0.1, 0.15) is 5.69 Å². The molecule has 1 aliphatic rings. The monoisotopic (exact) mass is 210 g/mol. The van der Waals surface area contributed by atoms with Crippen molar-refractivity contribution in [2.75, 3.05) is 0 Å². The third-order valence-corrected chi connectivity index (χ3v) is 2.83. The van der Waals surface area contributed by atoms with Gasteiger partial charge in [0.2, 0.25) is 0 Å². The summed E-state index contributed by atoms with van der Waals surface area (Å²) < 4.78 is 1.53. The van der Waals surface area contributed by atoms with Crippen molar-refractivity contribution in [3.05, 3.63) is 11.4 Å². The molecule has 0 amide bonds. The maximum absolute atomic E-state index is 11.1. The molecule has 1 aromatic heterocycles. The Morgan fingerprint density at radius 3 is 2.73 bits per heavy atom. The number of nitrogens with two attached hydrogens (primary N) is 1. The Hall–Kier alpha value is -1.43. The summed E-state index contributed by atoms with van der Waals surface area (Å²) in [5, 5.41) is 16.8. The molecule has 1 fully saturated rings. The molecule has 1 aromatic rings. The van der Waals surface area contributed by atoms with Gasteiger partial charge in [0.15, 0.2) is 5.69 Å². The highest BCUT2D eigenvalue weighted by Gasteiger charge is 2.26. The summed E-state index contributed by atoms with van der Waals surface area (Å²) in [7, 11) is 0. The van der Waals surface area contributed by atoms with Crippen LogP contribution in [0.15, 0.2) is 0 Å². The van der Waals surface area contributed by atoms with E-state index < -0.39 is 5.97 Å². The number of nitrogens with zero attached hydrogens (tertiary/aromatic N) is 3. The number of hydrogen-bond donors (Lipinski definition) is 2. The Morgan fingerprint density at radius 2 is 2.20 bits per heavy atom. The Balaban J connectivity index is 2.37. The molecule has 0 aromatic carbocycles. The molecule has 0 aliphatic heterocycles. The van der Waals surface area contributed by atoms with Gasteiger partial charge in [-0.15, -0.1) is 5.10 Å². The third kappa shape index (κ3) is 1.72. The van der Waals surface area contributed by atoms with E-state index in [2.05, 4.69) is 10.3 Å². The van der Waals surface area contributed by atoms with E-state index in [1.165, 1.54) is 4.68 Å². The van der Waals surface area contributed by atoms with Gasteiger partial charge in [0.05, 0.1) is 6.04 Å². The van der Waals surface area contributed by atoms with Crippen molar-refractivity contribution in [1.29, 1.82) is 0 Å². The summed E-state index contributed by atoms with van der Waals surface area (Å²) in [6, 6.07) is 0.184. The van der Waals surface area contributed by atoms with Gasteiger partial charge in [0.25, 0.3) is 0 Å². The van der Waals surface area contributed by atoms with E-state index in [0.29, 0.717) is 5.69 Å². The van der Waals surface area contributed by atoms with Crippen LogP contribution in [0, 0.1) is 0 Å². The maximum atomic E-state index is 11.1. The maximum Gasteiger partial charge on any atom is 0.356 e. The molecule has 0 spiro atoms. The van der Waals surface area contributed by atoms with Crippen LogP contribution < -0.4 is 5.73 Å². The lowest BCUT2D eigenvalue weighted by atomic mass is 10.2. The second-order valence-electron chi connectivity index (χ2n) is 3.78. The normalized spacial score (nSPS) is 17.1. The second kappa shape index (κ2) is 3.98. The first-order valence-electron chi connectivity index (χ1n) is 5.11. The highest BCUT2D eigenvalue weighted by molar-refractivity contribution is 5.86. The molecular weight excluding hydrogens is 196 g/mol. The summed E-state index contributed by atoms with van der Waals surface area (Å²) in [5.41, 5.74) is 5.95. The van der Waals surface area contributed by atoms with Crippen LogP contribution >= 0.6 is 0 Å². The van der Waals surface area contributed by atoms with Crippen molar-refractivity contribution in [3.8, 4) is 0 Å². The fourth-order valence-electron chi connectivity index (χ4n) is 2.09. The summed E-state index contributed by atoms with van der Waals surface area (Å²) >= 11 is 0. The average molecular weight is 210 g/mol. The number of aromatic nitrogens is 3. The summed E-state index contributed by atoms with van der Waals surface area (Å²) in [4.78, 5) is 11.1. The van der Waals surface area contributed by atoms with Gasteiger partial charge in [-0.05, 0) is 12.8 Å². The standard InChI is InChI=1S/C9H14N4O2/c10-5-7-8(9(14)15)13(12-11-7)6-3-1-2-4-6/h6H,1-5,10H2,(H,14,15). The van der Waals surface area contributed by atoms with E-state index in [9.17, 15) is 4.79 Å². The number of carboxylic acids is 1. The zero-order valence-corrected chi connectivity index (χ0v) is 8.39. The molecule has 0 saturated heterocycles. The predicted molar refractivity (Wildman–Crippen MR) is 52.4 cm³/mol. The van der Waals surface area contributed by atoms with Gasteiger partial charge in [-0.1, -0.05) is 18.1 Å². The van der Waals surface area contributed by atoms with E-state index in [0.717, 1.165) is 25.7 Å². The van der Waals surface area contributed by atoms with Crippen LogP contribution in [-0.4, -0.2) is 26.1 Å². The molecule has 0 unspecified atom stereocenters. The Bertz CT molecular complexity index is 368. The lowest BCUT2D eigenvalue weighted by Crippen LogP contribution is -2.16. The minimum Gasteiger partial charge on any atom is -0.476 e. The van der Waals surface area contributed by atoms with Gasteiger partial charge in [-0.2, -0.15) is 0 Å². The molecule has 1 heterocycles. The van der Waals surface area contributed by atoms with Crippen molar-refractivity contribution in [2.24, 2.45) is 5.73 Å². The molecule has 2 rings (SSSR count). The first-order chi connectivity index (χ1) is 7.24. The molecule has 0 bridgehead atoms. The van der Waals surface area contributed by atoms with E-state index in [4.69, 9.17) is 10.8 Å². The minimum absolute atomic E-state index is 0.119. The van der Waals surface area contributed by atoms with Crippen molar-refractivity contribution in [3.63, 3.8) is 0 Å². The summed E-state index contributed by atoms with van der Waals surface area (Å²) in [6.45, 7) is 0.119. The number of rotatable bonds is 3. The highest BCUT2D eigenvalue weighted by atomic mass is 16.4. The zero-order chi connectivity index (χ0) is 10.8. The molecule has 1 saturated carbocycles. The smallest absolute Gasteiger partial charge is 0.356 e. The van der Waals surface area contributed by atoms with E-state index in [-0.39, 0.29) is 18.3 Å². The summed E-state index contributed by atoms with van der Waals surface area (Å²) in [6.07, 6.45) is 4.21. The lowest BCUT2D eigenvalue weighted by molar-refractivity contribution is 0.0679. The Kier molecular flexibility index (Phi) is 2.68. The van der Waals surface area contributed by atoms with Crippen LogP contribution in [0.25, 0.3) is 0 Å². The molecule has 3 N–H and O–H groups in total. The van der Waals surface area contributed by atoms with Gasteiger partial charge < -0.3 is 10.8 Å².